The van der Waals surface area contributed by atoms with Crippen molar-refractivity contribution < 1.29 is 4.74 Å². The summed E-state index contributed by atoms with van der Waals surface area (Å²) in [5.74, 6) is 0.487. The number of hydrogen-bond donors (Lipinski definition) is 2. The Hall–Kier alpha value is -0.570. The first-order valence-electron chi connectivity index (χ1n) is 4.06. The molecule has 3 nitrogen and oxygen atoms in total. The summed E-state index contributed by atoms with van der Waals surface area (Å²) in [4.78, 5) is 0. The van der Waals surface area contributed by atoms with Gasteiger partial charge in [0.2, 0.25) is 0 Å². The molecule has 0 saturated carbocycles. The Morgan fingerprint density at radius 2 is 2.09 bits per heavy atom. The van der Waals surface area contributed by atoms with E-state index in [1.807, 2.05) is 20.8 Å². The molecule has 0 radical (unpaired) electrons. The Morgan fingerprint density at radius 3 is 2.45 bits per heavy atom. The Labute approximate surface area is 68.4 Å². The molecular formula is C8H18N2O. The topological polar surface area (TPSA) is 59.1 Å². The van der Waals surface area contributed by atoms with Gasteiger partial charge >= 0.3 is 0 Å². The van der Waals surface area contributed by atoms with Crippen molar-refractivity contribution in [2.75, 3.05) is 6.61 Å². The quantitative estimate of drug-likeness (QED) is 0.479. The smallest absolute Gasteiger partial charge is 0.198 e. The summed E-state index contributed by atoms with van der Waals surface area (Å²) in [5, 5.41) is 7.38. The fourth-order valence-electron chi connectivity index (χ4n) is 0.611. The molecule has 0 aromatic rings. The summed E-state index contributed by atoms with van der Waals surface area (Å²) in [5.41, 5.74) is 5.65. The average Bonchev–Trinajstić information content (AvgIpc) is 1.98. The minimum absolute atomic E-state index is 0.210. The van der Waals surface area contributed by atoms with Crippen LogP contribution in [0.25, 0.3) is 0 Å². The highest BCUT2D eigenvalue weighted by Gasteiger charge is 2.13. The van der Waals surface area contributed by atoms with Crippen molar-refractivity contribution in [1.29, 1.82) is 5.41 Å². The summed E-state index contributed by atoms with van der Waals surface area (Å²) in [6.07, 6.45) is 0.924. The first-order valence-corrected chi connectivity index (χ1v) is 4.06. The largest absolute Gasteiger partial charge is 0.480 e. The van der Waals surface area contributed by atoms with E-state index >= 15 is 0 Å². The lowest BCUT2D eigenvalue weighted by Gasteiger charge is -2.16. The number of nitrogens with one attached hydrogen (secondary N) is 1. The molecule has 0 aromatic carbocycles. The Balaban J connectivity index is 3.64. The molecule has 0 rings (SSSR count). The highest BCUT2D eigenvalue weighted by atomic mass is 16.5. The van der Waals surface area contributed by atoms with Gasteiger partial charge in [0, 0.05) is 0 Å². The van der Waals surface area contributed by atoms with Crippen molar-refractivity contribution in [2.45, 2.75) is 33.2 Å². The fraction of sp³-hybridized carbons (Fsp3) is 0.875. The van der Waals surface area contributed by atoms with Crippen molar-refractivity contribution in [3.8, 4) is 0 Å². The van der Waals surface area contributed by atoms with E-state index in [1.165, 1.54) is 0 Å². The maximum absolute atomic E-state index is 7.38. The van der Waals surface area contributed by atoms with Crippen LogP contribution >= 0.6 is 0 Å². The summed E-state index contributed by atoms with van der Waals surface area (Å²) in [7, 11) is 0. The lowest BCUT2D eigenvalue weighted by atomic mass is 10.1. The Kier molecular flexibility index (Phi) is 4.86. The van der Waals surface area contributed by atoms with Crippen LogP contribution in [0, 0.1) is 11.3 Å². The van der Waals surface area contributed by atoms with Crippen molar-refractivity contribution >= 4 is 5.90 Å². The molecule has 3 N–H and O–H groups in total. The van der Waals surface area contributed by atoms with Crippen molar-refractivity contribution in [3.63, 3.8) is 0 Å². The molecule has 0 bridgehead atoms. The zero-order valence-corrected chi connectivity index (χ0v) is 7.55. The first kappa shape index (κ1) is 10.4. The maximum atomic E-state index is 7.38. The summed E-state index contributed by atoms with van der Waals surface area (Å²) in [6, 6.07) is -0.249. The van der Waals surface area contributed by atoms with Crippen LogP contribution in [0.2, 0.25) is 0 Å². The zero-order valence-electron chi connectivity index (χ0n) is 7.55. The standard InChI is InChI=1S/C8H18N2O/c1-4-5-11-8(10)7(9)6(2)3/h6-7,10H,4-5,9H2,1-3H3/t7-/m0/s1. The zero-order chi connectivity index (χ0) is 8.85. The van der Waals surface area contributed by atoms with Gasteiger partial charge in [-0.3, -0.25) is 5.41 Å². The molecule has 0 aliphatic carbocycles. The molecule has 0 spiro atoms. The summed E-state index contributed by atoms with van der Waals surface area (Å²) >= 11 is 0. The van der Waals surface area contributed by atoms with Gasteiger partial charge in [0.05, 0.1) is 12.6 Å². The second-order valence-corrected chi connectivity index (χ2v) is 2.98. The molecule has 0 saturated heterocycles. The van der Waals surface area contributed by atoms with Gasteiger partial charge in [-0.15, -0.1) is 0 Å². The molecule has 0 aliphatic heterocycles. The molecule has 1 atom stereocenters. The van der Waals surface area contributed by atoms with Gasteiger partial charge < -0.3 is 10.5 Å². The third-order valence-corrected chi connectivity index (χ3v) is 1.48. The predicted molar refractivity (Wildman–Crippen MR) is 46.8 cm³/mol. The van der Waals surface area contributed by atoms with E-state index in [0.717, 1.165) is 6.42 Å². The SMILES string of the molecule is CCCOC(=N)[C@@H](N)C(C)C. The minimum Gasteiger partial charge on any atom is -0.480 e. The van der Waals surface area contributed by atoms with E-state index in [2.05, 4.69) is 0 Å². The molecule has 3 heteroatoms. The van der Waals surface area contributed by atoms with Gasteiger partial charge in [-0.25, -0.2) is 0 Å². The van der Waals surface area contributed by atoms with Gasteiger partial charge in [0.25, 0.3) is 0 Å². The normalized spacial score (nSPS) is 13.2. The molecule has 0 fully saturated rings. The van der Waals surface area contributed by atoms with Crippen molar-refractivity contribution in [1.82, 2.24) is 0 Å². The highest BCUT2D eigenvalue weighted by molar-refractivity contribution is 5.78. The van der Waals surface area contributed by atoms with E-state index in [4.69, 9.17) is 15.9 Å². The van der Waals surface area contributed by atoms with E-state index < -0.39 is 0 Å². The molecule has 0 amide bonds. The van der Waals surface area contributed by atoms with Gasteiger partial charge in [-0.2, -0.15) is 0 Å². The molecule has 0 heterocycles. The second-order valence-electron chi connectivity index (χ2n) is 2.98. The van der Waals surface area contributed by atoms with E-state index in [9.17, 15) is 0 Å². The van der Waals surface area contributed by atoms with Crippen LogP contribution in [0.1, 0.15) is 27.2 Å². The number of rotatable bonds is 4. The van der Waals surface area contributed by atoms with Gasteiger partial charge in [0.1, 0.15) is 0 Å². The maximum Gasteiger partial charge on any atom is 0.198 e. The number of hydrogen-bond acceptors (Lipinski definition) is 3. The van der Waals surface area contributed by atoms with Gasteiger partial charge in [0.15, 0.2) is 5.90 Å². The van der Waals surface area contributed by atoms with Crippen LogP contribution in [-0.4, -0.2) is 18.5 Å². The lowest BCUT2D eigenvalue weighted by Crippen LogP contribution is -2.36. The third kappa shape index (κ3) is 3.98. The van der Waals surface area contributed by atoms with Crippen molar-refractivity contribution in [3.05, 3.63) is 0 Å². The molecule has 11 heavy (non-hydrogen) atoms. The van der Waals surface area contributed by atoms with Crippen LogP contribution in [0.4, 0.5) is 0 Å². The summed E-state index contributed by atoms with van der Waals surface area (Å²) in [6.45, 7) is 6.57. The number of ether oxygens (including phenoxy) is 1. The first-order chi connectivity index (χ1) is 5.09. The molecule has 0 unspecified atom stereocenters. The monoisotopic (exact) mass is 158 g/mol. The van der Waals surface area contributed by atoms with Crippen LogP contribution in [0.5, 0.6) is 0 Å². The molecule has 0 aliphatic rings. The van der Waals surface area contributed by atoms with E-state index in [1.54, 1.807) is 0 Å². The van der Waals surface area contributed by atoms with Gasteiger partial charge in [-0.05, 0) is 12.3 Å². The van der Waals surface area contributed by atoms with Crippen LogP contribution in [0.15, 0.2) is 0 Å². The average molecular weight is 158 g/mol. The van der Waals surface area contributed by atoms with E-state index in [-0.39, 0.29) is 17.9 Å². The molecule has 0 aromatic heterocycles. The fourth-order valence-corrected chi connectivity index (χ4v) is 0.611. The molecular weight excluding hydrogens is 140 g/mol. The molecule has 66 valence electrons. The van der Waals surface area contributed by atoms with Crippen LogP contribution < -0.4 is 5.73 Å². The Bertz CT molecular complexity index is 123. The van der Waals surface area contributed by atoms with E-state index in [0.29, 0.717) is 6.61 Å². The van der Waals surface area contributed by atoms with Crippen LogP contribution in [-0.2, 0) is 4.74 Å². The lowest BCUT2D eigenvalue weighted by molar-refractivity contribution is 0.279. The number of nitrogens with two attached hydrogens (primary N) is 1. The third-order valence-electron chi connectivity index (χ3n) is 1.48. The van der Waals surface area contributed by atoms with Gasteiger partial charge in [-0.1, -0.05) is 20.8 Å². The highest BCUT2D eigenvalue weighted by Crippen LogP contribution is 2.00. The predicted octanol–water partition coefficient (Wildman–Crippen LogP) is 1.37. The second kappa shape index (κ2) is 5.13. The van der Waals surface area contributed by atoms with Crippen molar-refractivity contribution in [2.24, 2.45) is 11.7 Å². The minimum atomic E-state index is -0.249. The summed E-state index contributed by atoms with van der Waals surface area (Å²) < 4.78 is 5.07. The Morgan fingerprint density at radius 1 is 1.55 bits per heavy atom. The van der Waals surface area contributed by atoms with Crippen LogP contribution in [0.3, 0.4) is 0 Å².